The Labute approximate surface area is 140 Å². The second-order valence-electron chi connectivity index (χ2n) is 5.27. The maximum Gasteiger partial charge on any atom is 0.314 e. The van der Waals surface area contributed by atoms with E-state index in [-0.39, 0.29) is 0 Å². The number of hydrogen-bond acceptors (Lipinski definition) is 4. The monoisotopic (exact) mass is 328 g/mol. The lowest BCUT2D eigenvalue weighted by molar-refractivity contribution is -0.133. The standard InChI is InChI=1S/C18H20N2O4/c1-11-9-13(23-3)5-7-15(11)19-17(21)18(22)20-16-8-6-14(24-4)10-12(16)2/h5-10H,1-4H3,(H,19,21)(H,20,22). The molecule has 0 aromatic heterocycles. The quantitative estimate of drug-likeness (QED) is 0.846. The van der Waals surface area contributed by atoms with Crippen LogP contribution in [-0.4, -0.2) is 26.0 Å². The molecule has 0 heterocycles. The zero-order valence-corrected chi connectivity index (χ0v) is 14.1. The van der Waals surface area contributed by atoms with Gasteiger partial charge in [0.15, 0.2) is 0 Å². The molecular weight excluding hydrogens is 308 g/mol. The topological polar surface area (TPSA) is 76.7 Å². The number of rotatable bonds is 4. The lowest BCUT2D eigenvalue weighted by Crippen LogP contribution is -2.29. The van der Waals surface area contributed by atoms with E-state index in [1.165, 1.54) is 0 Å². The van der Waals surface area contributed by atoms with Gasteiger partial charge in [-0.3, -0.25) is 9.59 Å². The SMILES string of the molecule is COc1ccc(NC(=O)C(=O)Nc2ccc(OC)cc2C)c(C)c1. The van der Waals surface area contributed by atoms with E-state index < -0.39 is 11.8 Å². The van der Waals surface area contributed by atoms with Gasteiger partial charge in [-0.05, 0) is 61.4 Å². The molecule has 0 fully saturated rings. The fourth-order valence-electron chi connectivity index (χ4n) is 2.16. The first-order valence-corrected chi connectivity index (χ1v) is 7.36. The van der Waals surface area contributed by atoms with E-state index in [2.05, 4.69) is 10.6 Å². The average molecular weight is 328 g/mol. The van der Waals surface area contributed by atoms with Gasteiger partial charge in [0, 0.05) is 11.4 Å². The van der Waals surface area contributed by atoms with Gasteiger partial charge in [-0.1, -0.05) is 0 Å². The van der Waals surface area contributed by atoms with Crippen molar-refractivity contribution >= 4 is 23.2 Å². The Balaban J connectivity index is 2.06. The Morgan fingerprint density at radius 2 is 1.12 bits per heavy atom. The molecule has 0 bridgehead atoms. The van der Waals surface area contributed by atoms with Crippen LogP contribution in [0.1, 0.15) is 11.1 Å². The molecule has 0 aliphatic heterocycles. The van der Waals surface area contributed by atoms with Crippen LogP contribution in [0.2, 0.25) is 0 Å². The molecule has 24 heavy (non-hydrogen) atoms. The van der Waals surface area contributed by atoms with Gasteiger partial charge in [0.1, 0.15) is 11.5 Å². The molecule has 2 aromatic carbocycles. The molecule has 0 radical (unpaired) electrons. The molecule has 0 saturated heterocycles. The second kappa shape index (κ2) is 7.50. The summed E-state index contributed by atoms with van der Waals surface area (Å²) < 4.78 is 10.2. The Morgan fingerprint density at radius 3 is 1.42 bits per heavy atom. The highest BCUT2D eigenvalue weighted by Gasteiger charge is 2.16. The average Bonchev–Trinajstić information content (AvgIpc) is 2.58. The lowest BCUT2D eigenvalue weighted by atomic mass is 10.2. The van der Waals surface area contributed by atoms with Gasteiger partial charge in [-0.2, -0.15) is 0 Å². The van der Waals surface area contributed by atoms with Gasteiger partial charge >= 0.3 is 11.8 Å². The number of carbonyl (C=O) groups excluding carboxylic acids is 2. The van der Waals surface area contributed by atoms with E-state index in [1.807, 2.05) is 13.8 Å². The van der Waals surface area contributed by atoms with Gasteiger partial charge in [-0.15, -0.1) is 0 Å². The molecule has 0 aliphatic carbocycles. The molecule has 0 spiro atoms. The summed E-state index contributed by atoms with van der Waals surface area (Å²) in [6.45, 7) is 3.65. The van der Waals surface area contributed by atoms with Crippen LogP contribution in [0.5, 0.6) is 11.5 Å². The molecule has 2 aromatic rings. The van der Waals surface area contributed by atoms with Crippen LogP contribution in [0.4, 0.5) is 11.4 Å². The summed E-state index contributed by atoms with van der Waals surface area (Å²) in [5.41, 5.74) is 2.72. The molecule has 126 valence electrons. The van der Waals surface area contributed by atoms with Crippen molar-refractivity contribution in [1.82, 2.24) is 0 Å². The minimum absolute atomic E-state index is 0.558. The summed E-state index contributed by atoms with van der Waals surface area (Å²) in [7, 11) is 3.13. The van der Waals surface area contributed by atoms with Crippen molar-refractivity contribution in [3.05, 3.63) is 47.5 Å². The van der Waals surface area contributed by atoms with Crippen molar-refractivity contribution in [2.75, 3.05) is 24.9 Å². The smallest absolute Gasteiger partial charge is 0.314 e. The summed E-state index contributed by atoms with van der Waals surface area (Å²) in [6.07, 6.45) is 0. The largest absolute Gasteiger partial charge is 0.497 e. The predicted molar refractivity (Wildman–Crippen MR) is 92.7 cm³/mol. The van der Waals surface area contributed by atoms with E-state index >= 15 is 0 Å². The van der Waals surface area contributed by atoms with E-state index in [4.69, 9.17) is 9.47 Å². The van der Waals surface area contributed by atoms with Crippen molar-refractivity contribution in [3.63, 3.8) is 0 Å². The molecule has 6 heteroatoms. The Kier molecular flexibility index (Phi) is 5.42. The first-order valence-electron chi connectivity index (χ1n) is 7.36. The van der Waals surface area contributed by atoms with Crippen molar-refractivity contribution in [2.24, 2.45) is 0 Å². The van der Waals surface area contributed by atoms with E-state index in [9.17, 15) is 9.59 Å². The summed E-state index contributed by atoms with van der Waals surface area (Å²) >= 11 is 0. The van der Waals surface area contributed by atoms with Crippen molar-refractivity contribution < 1.29 is 19.1 Å². The Morgan fingerprint density at radius 1 is 0.750 bits per heavy atom. The third-order valence-corrected chi connectivity index (χ3v) is 3.57. The first kappa shape index (κ1) is 17.3. The molecule has 2 N–H and O–H groups in total. The van der Waals surface area contributed by atoms with Crippen molar-refractivity contribution in [3.8, 4) is 11.5 Å². The molecule has 0 aliphatic rings. The van der Waals surface area contributed by atoms with Gasteiger partial charge in [-0.25, -0.2) is 0 Å². The van der Waals surface area contributed by atoms with Crippen LogP contribution in [-0.2, 0) is 9.59 Å². The maximum absolute atomic E-state index is 12.1. The Hall–Kier alpha value is -3.02. The number of amides is 2. The van der Waals surface area contributed by atoms with Crippen LogP contribution in [0.15, 0.2) is 36.4 Å². The number of carbonyl (C=O) groups is 2. The highest BCUT2D eigenvalue weighted by molar-refractivity contribution is 6.43. The molecule has 2 amide bonds. The van der Waals surface area contributed by atoms with E-state index in [0.29, 0.717) is 22.9 Å². The zero-order chi connectivity index (χ0) is 17.7. The fraction of sp³-hybridized carbons (Fsp3) is 0.222. The number of benzene rings is 2. The number of nitrogens with one attached hydrogen (secondary N) is 2. The summed E-state index contributed by atoms with van der Waals surface area (Å²) in [5, 5.41) is 5.18. The lowest BCUT2D eigenvalue weighted by Gasteiger charge is -2.11. The number of aryl methyl sites for hydroxylation is 2. The van der Waals surface area contributed by atoms with Crippen molar-refractivity contribution in [2.45, 2.75) is 13.8 Å². The summed E-state index contributed by atoms with van der Waals surface area (Å²) in [5.74, 6) is -0.107. The van der Waals surface area contributed by atoms with Gasteiger partial charge in [0.2, 0.25) is 0 Å². The maximum atomic E-state index is 12.1. The minimum atomic E-state index is -0.738. The third kappa shape index (κ3) is 4.04. The van der Waals surface area contributed by atoms with Crippen LogP contribution in [0.25, 0.3) is 0 Å². The minimum Gasteiger partial charge on any atom is -0.497 e. The van der Waals surface area contributed by atoms with Crippen LogP contribution in [0, 0.1) is 13.8 Å². The number of hydrogen-bond donors (Lipinski definition) is 2. The molecule has 0 saturated carbocycles. The van der Waals surface area contributed by atoms with E-state index in [0.717, 1.165) is 11.1 Å². The highest BCUT2D eigenvalue weighted by Crippen LogP contribution is 2.22. The number of ether oxygens (including phenoxy) is 2. The molecular formula is C18H20N2O4. The third-order valence-electron chi connectivity index (χ3n) is 3.57. The Bertz CT molecular complexity index is 706. The summed E-state index contributed by atoms with van der Waals surface area (Å²) in [6, 6.07) is 10.4. The van der Waals surface area contributed by atoms with Crippen LogP contribution < -0.4 is 20.1 Å². The summed E-state index contributed by atoms with van der Waals surface area (Å²) in [4.78, 5) is 24.2. The number of methoxy groups -OCH3 is 2. The van der Waals surface area contributed by atoms with Crippen molar-refractivity contribution in [1.29, 1.82) is 0 Å². The van der Waals surface area contributed by atoms with Gasteiger partial charge in [0.25, 0.3) is 0 Å². The highest BCUT2D eigenvalue weighted by atomic mass is 16.5. The number of anilines is 2. The zero-order valence-electron chi connectivity index (χ0n) is 14.1. The van der Waals surface area contributed by atoms with E-state index in [1.54, 1.807) is 50.6 Å². The molecule has 0 atom stereocenters. The van der Waals surface area contributed by atoms with Gasteiger partial charge < -0.3 is 20.1 Å². The normalized spacial score (nSPS) is 10.0. The predicted octanol–water partition coefficient (Wildman–Crippen LogP) is 2.90. The molecule has 2 rings (SSSR count). The van der Waals surface area contributed by atoms with Crippen LogP contribution >= 0.6 is 0 Å². The van der Waals surface area contributed by atoms with Crippen LogP contribution in [0.3, 0.4) is 0 Å². The fourth-order valence-corrected chi connectivity index (χ4v) is 2.16. The first-order chi connectivity index (χ1) is 11.4. The second-order valence-corrected chi connectivity index (χ2v) is 5.27. The molecule has 6 nitrogen and oxygen atoms in total. The molecule has 0 unspecified atom stereocenters. The van der Waals surface area contributed by atoms with Gasteiger partial charge in [0.05, 0.1) is 14.2 Å².